The summed E-state index contributed by atoms with van der Waals surface area (Å²) in [6, 6.07) is 12.1. The van der Waals surface area contributed by atoms with E-state index >= 15 is 0 Å². The van der Waals surface area contributed by atoms with Crippen molar-refractivity contribution < 1.29 is 14.6 Å². The molecule has 35 heavy (non-hydrogen) atoms. The normalized spacial score (nSPS) is 18.5. The van der Waals surface area contributed by atoms with Crippen molar-refractivity contribution in [3.63, 3.8) is 0 Å². The number of piperidine rings is 1. The van der Waals surface area contributed by atoms with Gasteiger partial charge in [0.15, 0.2) is 0 Å². The minimum absolute atomic E-state index is 0.265. The Kier molecular flexibility index (Phi) is 8.37. The summed E-state index contributed by atoms with van der Waals surface area (Å²) >= 11 is 6.27. The minimum Gasteiger partial charge on any atom is -0.492 e. The first-order chi connectivity index (χ1) is 16.8. The van der Waals surface area contributed by atoms with Crippen LogP contribution < -0.4 is 9.47 Å². The molecule has 1 aliphatic rings. The highest BCUT2D eigenvalue weighted by molar-refractivity contribution is 6.32. The molecule has 188 valence electrons. The van der Waals surface area contributed by atoms with Gasteiger partial charge in [-0.1, -0.05) is 30.7 Å². The molecule has 0 spiro atoms. The van der Waals surface area contributed by atoms with E-state index in [1.165, 1.54) is 5.56 Å². The zero-order valence-corrected chi connectivity index (χ0v) is 21.7. The predicted molar refractivity (Wildman–Crippen MR) is 139 cm³/mol. The smallest absolute Gasteiger partial charge is 0.120 e. The average molecular weight is 498 g/mol. The molecule has 0 radical (unpaired) electrons. The van der Waals surface area contributed by atoms with Crippen LogP contribution in [0.2, 0.25) is 5.02 Å². The fraction of sp³-hybridized carbons (Fsp3) is 0.464. The second-order valence-corrected chi connectivity index (χ2v) is 9.96. The molecule has 1 N–H and O–H groups in total. The van der Waals surface area contributed by atoms with Crippen LogP contribution in [-0.2, 0) is 19.5 Å². The molecule has 1 atom stereocenters. The third-order valence-electron chi connectivity index (χ3n) is 6.58. The van der Waals surface area contributed by atoms with E-state index in [4.69, 9.17) is 21.1 Å². The molecular formula is C28H36ClN3O3. The van der Waals surface area contributed by atoms with Crippen LogP contribution in [-0.4, -0.2) is 51.5 Å². The minimum atomic E-state index is -0.879. The number of hydrogen-bond acceptors (Lipinski definition) is 5. The van der Waals surface area contributed by atoms with E-state index in [1.807, 2.05) is 50.5 Å². The standard InChI is InChI=1S/C28H36ClN3O3/c1-4-26-30-10-12-32(26)13-14-34-24-8-5-7-23(17-24)18-31-11-6-9-28(33,19-31)20-35-25-15-21(2)27(29)22(3)16-25/h5,7-8,10,12,15-17,33H,4,6,9,11,13-14,18-20H2,1-3H3/t28-/m1/s1. The highest BCUT2D eigenvalue weighted by Gasteiger charge is 2.34. The first-order valence-corrected chi connectivity index (χ1v) is 12.8. The highest BCUT2D eigenvalue weighted by atomic mass is 35.5. The third kappa shape index (κ3) is 6.78. The molecule has 7 heteroatoms. The Morgan fingerprint density at radius 2 is 1.91 bits per heavy atom. The lowest BCUT2D eigenvalue weighted by Gasteiger charge is -2.39. The molecule has 1 saturated heterocycles. The molecule has 1 aromatic heterocycles. The van der Waals surface area contributed by atoms with Gasteiger partial charge in [-0.25, -0.2) is 4.98 Å². The summed E-state index contributed by atoms with van der Waals surface area (Å²) in [5.74, 6) is 2.69. The first kappa shape index (κ1) is 25.5. The maximum Gasteiger partial charge on any atom is 0.120 e. The van der Waals surface area contributed by atoms with E-state index in [1.54, 1.807) is 0 Å². The van der Waals surface area contributed by atoms with Crippen molar-refractivity contribution >= 4 is 11.6 Å². The van der Waals surface area contributed by atoms with Gasteiger partial charge in [-0.15, -0.1) is 0 Å². The number of aromatic nitrogens is 2. The quantitative estimate of drug-likeness (QED) is 0.417. The highest BCUT2D eigenvalue weighted by Crippen LogP contribution is 2.28. The van der Waals surface area contributed by atoms with Gasteiger partial charge < -0.3 is 19.1 Å². The third-order valence-corrected chi connectivity index (χ3v) is 7.17. The molecule has 0 saturated carbocycles. The zero-order chi connectivity index (χ0) is 24.8. The Morgan fingerprint density at radius 3 is 2.69 bits per heavy atom. The number of imidazole rings is 1. The second kappa shape index (κ2) is 11.5. The van der Waals surface area contributed by atoms with Crippen molar-refractivity contribution in [1.82, 2.24) is 14.5 Å². The van der Waals surface area contributed by atoms with Crippen molar-refractivity contribution in [3.05, 3.63) is 76.3 Å². The second-order valence-electron chi connectivity index (χ2n) is 9.58. The average Bonchev–Trinajstić information content (AvgIpc) is 3.29. The molecule has 0 amide bonds. The molecule has 0 bridgehead atoms. The largest absolute Gasteiger partial charge is 0.492 e. The SMILES string of the molecule is CCc1nccn1CCOc1cccc(CN2CCC[C@](O)(COc3cc(C)c(Cl)c(C)c3)C2)c1. The van der Waals surface area contributed by atoms with Gasteiger partial charge in [0.2, 0.25) is 0 Å². The van der Waals surface area contributed by atoms with Gasteiger partial charge in [-0.05, 0) is 74.2 Å². The van der Waals surface area contributed by atoms with E-state index in [0.717, 1.165) is 72.4 Å². The van der Waals surface area contributed by atoms with Gasteiger partial charge >= 0.3 is 0 Å². The summed E-state index contributed by atoms with van der Waals surface area (Å²) in [5, 5.41) is 12.0. The first-order valence-electron chi connectivity index (χ1n) is 12.4. The number of halogens is 1. The van der Waals surface area contributed by atoms with E-state index in [0.29, 0.717) is 13.2 Å². The van der Waals surface area contributed by atoms with Crippen molar-refractivity contribution in [2.24, 2.45) is 0 Å². The van der Waals surface area contributed by atoms with Gasteiger partial charge in [-0.2, -0.15) is 0 Å². The lowest BCUT2D eigenvalue weighted by molar-refractivity contribution is -0.0621. The Balaban J connectivity index is 1.30. The number of nitrogens with zero attached hydrogens (tertiary/aromatic N) is 3. The van der Waals surface area contributed by atoms with E-state index < -0.39 is 5.60 Å². The molecule has 0 unspecified atom stereocenters. The van der Waals surface area contributed by atoms with Gasteiger partial charge in [0.1, 0.15) is 36.1 Å². The number of ether oxygens (including phenoxy) is 2. The van der Waals surface area contributed by atoms with Crippen LogP contribution in [0.3, 0.4) is 0 Å². The molecule has 0 aliphatic carbocycles. The monoisotopic (exact) mass is 497 g/mol. The van der Waals surface area contributed by atoms with Gasteiger partial charge in [0.05, 0.1) is 6.54 Å². The Hall–Kier alpha value is -2.54. The number of β-amino-alcohol motifs (C(OH)–C–C–N with tert-alkyl or cyclic N) is 1. The summed E-state index contributed by atoms with van der Waals surface area (Å²) in [6.45, 7) is 9.97. The van der Waals surface area contributed by atoms with Crippen molar-refractivity contribution in [3.8, 4) is 11.5 Å². The van der Waals surface area contributed by atoms with Crippen LogP contribution in [0.5, 0.6) is 11.5 Å². The van der Waals surface area contributed by atoms with Crippen molar-refractivity contribution in [1.29, 1.82) is 0 Å². The zero-order valence-electron chi connectivity index (χ0n) is 21.0. The summed E-state index contributed by atoms with van der Waals surface area (Å²) in [5.41, 5.74) is 2.26. The van der Waals surface area contributed by atoms with Crippen LogP contribution in [0.1, 0.15) is 42.3 Å². The van der Waals surface area contributed by atoms with Crippen LogP contribution in [0.25, 0.3) is 0 Å². The number of rotatable bonds is 10. The fourth-order valence-corrected chi connectivity index (χ4v) is 4.89. The summed E-state index contributed by atoms with van der Waals surface area (Å²) in [6.07, 6.45) is 6.40. The Labute approximate surface area is 213 Å². The molecule has 1 aliphatic heterocycles. The summed E-state index contributed by atoms with van der Waals surface area (Å²) in [4.78, 5) is 6.65. The van der Waals surface area contributed by atoms with Crippen LogP contribution in [0.4, 0.5) is 0 Å². The molecule has 1 fully saturated rings. The number of aliphatic hydroxyl groups is 1. The number of hydrogen-bond donors (Lipinski definition) is 1. The summed E-state index contributed by atoms with van der Waals surface area (Å²) in [7, 11) is 0. The van der Waals surface area contributed by atoms with Crippen LogP contribution in [0, 0.1) is 13.8 Å². The molecule has 2 heterocycles. The lowest BCUT2D eigenvalue weighted by atomic mass is 9.93. The fourth-order valence-electron chi connectivity index (χ4n) is 4.78. The number of benzene rings is 2. The van der Waals surface area contributed by atoms with Crippen molar-refractivity contribution in [2.75, 3.05) is 26.3 Å². The Morgan fingerprint density at radius 1 is 1.11 bits per heavy atom. The van der Waals surface area contributed by atoms with Gasteiger partial charge in [0.25, 0.3) is 0 Å². The molecule has 3 aromatic rings. The molecular weight excluding hydrogens is 462 g/mol. The van der Waals surface area contributed by atoms with E-state index in [-0.39, 0.29) is 6.61 Å². The van der Waals surface area contributed by atoms with E-state index in [2.05, 4.69) is 33.5 Å². The van der Waals surface area contributed by atoms with Gasteiger partial charge in [-0.3, -0.25) is 4.90 Å². The topological polar surface area (TPSA) is 59.8 Å². The lowest BCUT2D eigenvalue weighted by Crippen LogP contribution is -2.51. The summed E-state index contributed by atoms with van der Waals surface area (Å²) < 4.78 is 14.2. The maximum atomic E-state index is 11.3. The van der Waals surface area contributed by atoms with Crippen LogP contribution in [0.15, 0.2) is 48.8 Å². The maximum absolute atomic E-state index is 11.3. The van der Waals surface area contributed by atoms with Crippen LogP contribution >= 0.6 is 11.6 Å². The number of likely N-dealkylation sites (tertiary alicyclic amines) is 1. The number of aryl methyl sites for hydroxylation is 3. The predicted octanol–water partition coefficient (Wildman–Crippen LogP) is 5.20. The van der Waals surface area contributed by atoms with Gasteiger partial charge in [0, 0.05) is 36.9 Å². The van der Waals surface area contributed by atoms with E-state index in [9.17, 15) is 5.11 Å². The molecule has 6 nitrogen and oxygen atoms in total. The molecule has 2 aromatic carbocycles. The Bertz CT molecular complexity index is 1110. The van der Waals surface area contributed by atoms with Crippen molar-refractivity contribution in [2.45, 2.75) is 58.7 Å². The molecule has 4 rings (SSSR count).